The molecule has 1 aliphatic heterocycles. The van der Waals surface area contributed by atoms with Gasteiger partial charge in [0.2, 0.25) is 5.91 Å². The fourth-order valence-corrected chi connectivity index (χ4v) is 3.74. The van der Waals surface area contributed by atoms with Gasteiger partial charge in [0.25, 0.3) is 0 Å². The summed E-state index contributed by atoms with van der Waals surface area (Å²) >= 11 is 1.82. The molecule has 2 heterocycles. The molecule has 4 heteroatoms. The number of carbonyl (C=O) groups is 1. The van der Waals surface area contributed by atoms with E-state index in [0.29, 0.717) is 0 Å². The summed E-state index contributed by atoms with van der Waals surface area (Å²) in [6.45, 7) is 8.10. The summed E-state index contributed by atoms with van der Waals surface area (Å²) in [5.41, 5.74) is -0.181. The van der Waals surface area contributed by atoms with Crippen LogP contribution in [0.1, 0.15) is 36.4 Å². The van der Waals surface area contributed by atoms with Crippen molar-refractivity contribution in [3.8, 4) is 0 Å². The second-order valence-electron chi connectivity index (χ2n) is 5.65. The lowest BCUT2D eigenvalue weighted by molar-refractivity contribution is -0.130. The van der Waals surface area contributed by atoms with Gasteiger partial charge in [-0.3, -0.25) is 4.79 Å². The average molecular weight is 280 g/mol. The molecule has 0 spiro atoms. The van der Waals surface area contributed by atoms with E-state index in [-0.39, 0.29) is 17.4 Å². The lowest BCUT2D eigenvalue weighted by atomic mass is 9.83. The number of hydrogen-bond acceptors (Lipinski definition) is 3. The smallest absolute Gasteiger partial charge is 0.227 e. The van der Waals surface area contributed by atoms with Gasteiger partial charge in [0.15, 0.2) is 0 Å². The zero-order valence-electron chi connectivity index (χ0n) is 12.1. The maximum atomic E-state index is 12.5. The Balaban J connectivity index is 1.91. The van der Waals surface area contributed by atoms with Crippen LogP contribution in [-0.2, 0) is 11.2 Å². The van der Waals surface area contributed by atoms with Crippen molar-refractivity contribution in [2.24, 2.45) is 5.41 Å². The van der Waals surface area contributed by atoms with Gasteiger partial charge in [0.05, 0.1) is 5.41 Å². The Kier molecular flexibility index (Phi) is 4.63. The van der Waals surface area contributed by atoms with Crippen LogP contribution in [0, 0.1) is 12.3 Å². The first-order chi connectivity index (χ1) is 9.05. The molecule has 3 nitrogen and oxygen atoms in total. The lowest BCUT2D eigenvalue weighted by Crippen LogP contribution is -2.46. The molecular weight excluding hydrogens is 256 g/mol. The minimum absolute atomic E-state index is 0.181. The van der Waals surface area contributed by atoms with Crippen molar-refractivity contribution in [1.29, 1.82) is 0 Å². The molecular formula is C15H24N2OS. The second-order valence-corrected chi connectivity index (χ2v) is 7.02. The second kappa shape index (κ2) is 6.06. The van der Waals surface area contributed by atoms with Gasteiger partial charge in [-0.2, -0.15) is 0 Å². The molecule has 1 saturated heterocycles. The van der Waals surface area contributed by atoms with Crippen molar-refractivity contribution < 1.29 is 4.79 Å². The maximum absolute atomic E-state index is 12.5. The van der Waals surface area contributed by atoms with E-state index in [4.69, 9.17) is 0 Å². The predicted molar refractivity (Wildman–Crippen MR) is 80.6 cm³/mol. The van der Waals surface area contributed by atoms with Crippen LogP contribution in [0.4, 0.5) is 0 Å². The number of aryl methyl sites for hydroxylation is 1. The van der Waals surface area contributed by atoms with Gasteiger partial charge in [-0.05, 0) is 45.4 Å². The first kappa shape index (κ1) is 14.5. The lowest BCUT2D eigenvalue weighted by Gasteiger charge is -2.27. The molecule has 19 heavy (non-hydrogen) atoms. The molecule has 1 aromatic rings. The van der Waals surface area contributed by atoms with E-state index >= 15 is 0 Å². The highest BCUT2D eigenvalue weighted by Gasteiger charge is 2.39. The average Bonchev–Trinajstić information content (AvgIpc) is 2.98. The summed E-state index contributed by atoms with van der Waals surface area (Å²) in [6.07, 6.45) is 2.80. The highest BCUT2D eigenvalue weighted by atomic mass is 32.1. The largest absolute Gasteiger partial charge is 0.353 e. The SMILES string of the molecule is CCC1(C(=O)NC(C)Cc2ccc(C)s2)CCNC1. The van der Waals surface area contributed by atoms with Gasteiger partial charge < -0.3 is 10.6 Å². The van der Waals surface area contributed by atoms with Crippen molar-refractivity contribution in [3.05, 3.63) is 21.9 Å². The standard InChI is InChI=1S/C15H24N2OS/c1-4-15(7-8-16-10-15)14(18)17-11(2)9-13-6-5-12(3)19-13/h5-6,11,16H,4,7-10H2,1-3H3,(H,17,18). The number of rotatable bonds is 5. The number of amides is 1. The summed E-state index contributed by atoms with van der Waals surface area (Å²) in [5.74, 6) is 0.223. The van der Waals surface area contributed by atoms with Crippen molar-refractivity contribution in [1.82, 2.24) is 10.6 Å². The minimum Gasteiger partial charge on any atom is -0.353 e. The molecule has 1 fully saturated rings. The minimum atomic E-state index is -0.181. The van der Waals surface area contributed by atoms with E-state index in [1.165, 1.54) is 9.75 Å². The van der Waals surface area contributed by atoms with E-state index < -0.39 is 0 Å². The molecule has 106 valence electrons. The third-order valence-electron chi connectivity index (χ3n) is 4.08. The number of hydrogen-bond donors (Lipinski definition) is 2. The molecule has 0 bridgehead atoms. The Labute approximate surface area is 119 Å². The summed E-state index contributed by atoms with van der Waals surface area (Å²) in [4.78, 5) is 15.1. The first-order valence-corrected chi connectivity index (χ1v) is 7.94. The van der Waals surface area contributed by atoms with Crippen LogP contribution in [0.3, 0.4) is 0 Å². The molecule has 2 N–H and O–H groups in total. The molecule has 0 saturated carbocycles. The summed E-state index contributed by atoms with van der Waals surface area (Å²) in [7, 11) is 0. The summed E-state index contributed by atoms with van der Waals surface area (Å²) in [5, 5.41) is 6.51. The highest BCUT2D eigenvalue weighted by Crippen LogP contribution is 2.29. The van der Waals surface area contributed by atoms with Crippen LogP contribution >= 0.6 is 11.3 Å². The van der Waals surface area contributed by atoms with E-state index in [1.807, 2.05) is 11.3 Å². The number of carbonyl (C=O) groups excluding carboxylic acids is 1. The van der Waals surface area contributed by atoms with Crippen molar-refractivity contribution in [2.75, 3.05) is 13.1 Å². The zero-order valence-corrected chi connectivity index (χ0v) is 12.9. The molecule has 1 amide bonds. The molecule has 2 rings (SSSR count). The van der Waals surface area contributed by atoms with Crippen LogP contribution in [0.15, 0.2) is 12.1 Å². The van der Waals surface area contributed by atoms with Crippen molar-refractivity contribution >= 4 is 17.2 Å². The monoisotopic (exact) mass is 280 g/mol. The first-order valence-electron chi connectivity index (χ1n) is 7.13. The quantitative estimate of drug-likeness (QED) is 0.870. The summed E-state index contributed by atoms with van der Waals surface area (Å²) < 4.78 is 0. The molecule has 2 atom stereocenters. The van der Waals surface area contributed by atoms with Crippen LogP contribution in [0.2, 0.25) is 0 Å². The van der Waals surface area contributed by atoms with Gasteiger partial charge in [-0.15, -0.1) is 11.3 Å². The molecule has 0 radical (unpaired) electrons. The van der Waals surface area contributed by atoms with Crippen LogP contribution in [0.5, 0.6) is 0 Å². The van der Waals surface area contributed by atoms with Crippen molar-refractivity contribution in [2.45, 2.75) is 46.1 Å². The van der Waals surface area contributed by atoms with E-state index in [2.05, 4.69) is 43.5 Å². The highest BCUT2D eigenvalue weighted by molar-refractivity contribution is 7.11. The van der Waals surface area contributed by atoms with Crippen LogP contribution in [-0.4, -0.2) is 25.0 Å². The predicted octanol–water partition coefficient (Wildman–Crippen LogP) is 2.49. The van der Waals surface area contributed by atoms with Crippen molar-refractivity contribution in [3.63, 3.8) is 0 Å². The summed E-state index contributed by atoms with van der Waals surface area (Å²) in [6, 6.07) is 4.51. The molecule has 0 aliphatic carbocycles. The maximum Gasteiger partial charge on any atom is 0.227 e. The number of thiophene rings is 1. The van der Waals surface area contributed by atoms with Crippen LogP contribution in [0.25, 0.3) is 0 Å². The van der Waals surface area contributed by atoms with Crippen LogP contribution < -0.4 is 10.6 Å². The van der Waals surface area contributed by atoms with Gasteiger partial charge in [0.1, 0.15) is 0 Å². The number of nitrogens with one attached hydrogen (secondary N) is 2. The normalized spacial score (nSPS) is 24.4. The third kappa shape index (κ3) is 3.37. The van der Waals surface area contributed by atoms with E-state index in [9.17, 15) is 4.79 Å². The van der Waals surface area contributed by atoms with Gasteiger partial charge >= 0.3 is 0 Å². The van der Waals surface area contributed by atoms with E-state index in [0.717, 1.165) is 32.4 Å². The fraction of sp³-hybridized carbons (Fsp3) is 0.667. The molecule has 1 aromatic heterocycles. The molecule has 2 unspecified atom stereocenters. The zero-order chi connectivity index (χ0) is 13.9. The third-order valence-corrected chi connectivity index (χ3v) is 5.11. The Morgan fingerprint density at radius 1 is 1.58 bits per heavy atom. The molecule has 0 aromatic carbocycles. The topological polar surface area (TPSA) is 41.1 Å². The Morgan fingerprint density at radius 2 is 2.37 bits per heavy atom. The van der Waals surface area contributed by atoms with E-state index in [1.54, 1.807) is 0 Å². The Bertz CT molecular complexity index is 435. The Hall–Kier alpha value is -0.870. The van der Waals surface area contributed by atoms with Gasteiger partial charge in [0, 0.05) is 28.8 Å². The Morgan fingerprint density at radius 3 is 2.89 bits per heavy atom. The van der Waals surface area contributed by atoms with Gasteiger partial charge in [-0.1, -0.05) is 6.92 Å². The van der Waals surface area contributed by atoms with Gasteiger partial charge in [-0.25, -0.2) is 0 Å². The molecule has 1 aliphatic rings. The fourth-order valence-electron chi connectivity index (χ4n) is 2.72.